The van der Waals surface area contributed by atoms with E-state index in [2.05, 4.69) is 47.1 Å². The first kappa shape index (κ1) is 19.1. The maximum atomic E-state index is 12.5. The second kappa shape index (κ2) is 7.40. The number of halogens is 2. The highest BCUT2D eigenvalue weighted by molar-refractivity contribution is 5.71. The van der Waals surface area contributed by atoms with Crippen molar-refractivity contribution in [2.24, 2.45) is 0 Å². The van der Waals surface area contributed by atoms with Crippen LogP contribution in [0.1, 0.15) is 6.42 Å². The maximum absolute atomic E-state index is 12.5. The van der Waals surface area contributed by atoms with Crippen LogP contribution >= 0.6 is 0 Å². The molecule has 0 aromatic carbocycles. The molecule has 0 saturated carbocycles. The summed E-state index contributed by atoms with van der Waals surface area (Å²) in [5.74, 6) is 0.431. The molecular weight excluding hydrogens is 410 g/mol. The Morgan fingerprint density at radius 2 is 2.26 bits per heavy atom. The molecule has 0 spiro atoms. The lowest BCUT2D eigenvalue weighted by Crippen LogP contribution is -2.63. The molecule has 3 aromatic rings. The molecular formula is C18H18F2N10O. The molecule has 2 aliphatic rings. The van der Waals surface area contributed by atoms with Gasteiger partial charge in [-0.25, -0.2) is 9.94 Å². The summed E-state index contributed by atoms with van der Waals surface area (Å²) < 4.78 is 32.6. The van der Waals surface area contributed by atoms with Crippen molar-refractivity contribution in [3.8, 4) is 11.8 Å². The number of nitrogens with zero attached hydrogens (tertiary/aromatic N) is 7. The normalized spacial score (nSPS) is 17.2. The molecule has 160 valence electrons. The minimum absolute atomic E-state index is 0.0359. The van der Waals surface area contributed by atoms with E-state index in [4.69, 9.17) is 0 Å². The van der Waals surface area contributed by atoms with E-state index >= 15 is 0 Å². The number of pyridine rings is 1. The lowest BCUT2D eigenvalue weighted by atomic mass is 9.86. The van der Waals surface area contributed by atoms with Crippen molar-refractivity contribution in [3.05, 3.63) is 42.6 Å². The smallest absolute Gasteiger partial charge is 0.387 e. The van der Waals surface area contributed by atoms with Gasteiger partial charge in [0.1, 0.15) is 5.54 Å². The fourth-order valence-electron chi connectivity index (χ4n) is 3.80. The molecule has 0 unspecified atom stereocenters. The fourth-order valence-corrected chi connectivity index (χ4v) is 3.80. The van der Waals surface area contributed by atoms with Gasteiger partial charge >= 0.3 is 6.61 Å². The van der Waals surface area contributed by atoms with E-state index in [9.17, 15) is 14.0 Å². The zero-order valence-corrected chi connectivity index (χ0v) is 16.2. The van der Waals surface area contributed by atoms with Crippen molar-refractivity contribution < 1.29 is 13.5 Å². The third kappa shape index (κ3) is 3.46. The van der Waals surface area contributed by atoms with Gasteiger partial charge in [0.05, 0.1) is 42.8 Å². The number of fused-ring (bicyclic) bond motifs is 1. The Bertz CT molecular complexity index is 1170. The predicted octanol–water partition coefficient (Wildman–Crippen LogP) is 1.02. The van der Waals surface area contributed by atoms with Gasteiger partial charge in [-0.15, -0.1) is 5.10 Å². The summed E-state index contributed by atoms with van der Waals surface area (Å²) in [6.07, 6.45) is 6.41. The Labute approximate surface area is 174 Å². The summed E-state index contributed by atoms with van der Waals surface area (Å²) in [4.78, 5) is 6.65. The van der Waals surface area contributed by atoms with E-state index in [0.29, 0.717) is 31.2 Å². The Hall–Kier alpha value is -3.92. The van der Waals surface area contributed by atoms with Gasteiger partial charge in [-0.1, -0.05) is 0 Å². The van der Waals surface area contributed by atoms with Gasteiger partial charge in [0.15, 0.2) is 11.4 Å². The summed E-state index contributed by atoms with van der Waals surface area (Å²) in [6.45, 7) is -1.37. The number of rotatable bonds is 7. The lowest BCUT2D eigenvalue weighted by Gasteiger charge is -2.50. The molecule has 0 radical (unpaired) electrons. The van der Waals surface area contributed by atoms with Crippen LogP contribution in [0.2, 0.25) is 0 Å². The van der Waals surface area contributed by atoms with Crippen LogP contribution in [-0.4, -0.2) is 50.6 Å². The molecule has 13 heteroatoms. The van der Waals surface area contributed by atoms with Crippen LogP contribution < -0.4 is 25.8 Å². The Morgan fingerprint density at radius 1 is 1.39 bits per heavy atom. The molecule has 5 heterocycles. The van der Waals surface area contributed by atoms with Crippen molar-refractivity contribution in [3.63, 3.8) is 0 Å². The van der Waals surface area contributed by atoms with Crippen LogP contribution in [0.4, 0.5) is 20.4 Å². The van der Waals surface area contributed by atoms with E-state index < -0.39 is 12.2 Å². The van der Waals surface area contributed by atoms with E-state index in [-0.39, 0.29) is 12.2 Å². The third-order valence-electron chi connectivity index (χ3n) is 5.23. The van der Waals surface area contributed by atoms with E-state index in [0.717, 1.165) is 11.4 Å². The number of nitrogens with one attached hydrogen (secondary N) is 3. The standard InChI is InChI=1S/C18H18F2N10O/c19-16(20)31-13-8-24-30(9-13)18(3-4-21)10-28(11-18)14-2-1-5-29-15(14)26-17(27-29)25-12-6-22-23-7-12/h1-2,5-6,8-9,16,22-23H,3,7,10-11H2,(H,25,27). The zero-order chi connectivity index (χ0) is 21.4. The van der Waals surface area contributed by atoms with Gasteiger partial charge in [-0.3, -0.25) is 4.68 Å². The van der Waals surface area contributed by atoms with Crippen LogP contribution in [0.15, 0.2) is 42.6 Å². The number of nitriles is 1. The average molecular weight is 428 g/mol. The molecule has 0 bridgehead atoms. The summed E-state index contributed by atoms with van der Waals surface area (Å²) >= 11 is 0. The molecule has 1 saturated heterocycles. The molecule has 3 aromatic heterocycles. The highest BCUT2D eigenvalue weighted by Gasteiger charge is 2.46. The summed E-state index contributed by atoms with van der Waals surface area (Å²) in [7, 11) is 0. The quantitative estimate of drug-likeness (QED) is 0.506. The van der Waals surface area contributed by atoms with E-state index in [1.54, 1.807) is 16.9 Å². The van der Waals surface area contributed by atoms with Gasteiger partial charge < -0.3 is 20.4 Å². The van der Waals surface area contributed by atoms with Crippen molar-refractivity contribution in [1.29, 1.82) is 5.26 Å². The van der Waals surface area contributed by atoms with Gasteiger partial charge in [0.2, 0.25) is 5.95 Å². The highest BCUT2D eigenvalue weighted by atomic mass is 19.3. The molecule has 5 rings (SSSR count). The molecule has 0 atom stereocenters. The van der Waals surface area contributed by atoms with Crippen LogP contribution in [0, 0.1) is 11.3 Å². The van der Waals surface area contributed by atoms with Crippen molar-refractivity contribution in [1.82, 2.24) is 35.2 Å². The first-order valence-corrected chi connectivity index (χ1v) is 9.48. The van der Waals surface area contributed by atoms with Crippen LogP contribution in [0.5, 0.6) is 5.75 Å². The molecule has 0 amide bonds. The van der Waals surface area contributed by atoms with Gasteiger partial charge in [-0.2, -0.15) is 24.1 Å². The SMILES string of the molecule is N#CCC1(n2cc(OC(F)F)cn2)CN(c2cccn3nc(NC4=CNNC4)nc23)C1. The number of anilines is 2. The van der Waals surface area contributed by atoms with Gasteiger partial charge in [0.25, 0.3) is 0 Å². The fraction of sp³-hybridized carbons (Fsp3) is 0.333. The summed E-state index contributed by atoms with van der Waals surface area (Å²) in [6, 6.07) is 5.97. The topological polar surface area (TPSA) is 120 Å². The minimum Gasteiger partial charge on any atom is -0.431 e. The molecule has 0 aliphatic carbocycles. The van der Waals surface area contributed by atoms with Crippen LogP contribution in [0.3, 0.4) is 0 Å². The second-order valence-corrected chi connectivity index (χ2v) is 7.30. The predicted molar refractivity (Wildman–Crippen MR) is 105 cm³/mol. The molecule has 2 aliphatic heterocycles. The van der Waals surface area contributed by atoms with Crippen LogP contribution in [0.25, 0.3) is 5.65 Å². The number of alkyl halides is 2. The maximum Gasteiger partial charge on any atom is 0.387 e. The number of hydrazine groups is 1. The monoisotopic (exact) mass is 428 g/mol. The van der Waals surface area contributed by atoms with Crippen LogP contribution in [-0.2, 0) is 5.54 Å². The number of aromatic nitrogens is 5. The number of ether oxygens (including phenoxy) is 1. The minimum atomic E-state index is -2.93. The lowest BCUT2D eigenvalue weighted by molar-refractivity contribution is -0.0500. The number of hydrogen-bond donors (Lipinski definition) is 3. The molecule has 1 fully saturated rings. The van der Waals surface area contributed by atoms with Crippen molar-refractivity contribution >= 4 is 17.3 Å². The average Bonchev–Trinajstić information content (AvgIpc) is 3.45. The summed E-state index contributed by atoms with van der Waals surface area (Å²) in [5.41, 5.74) is 7.64. The first-order chi connectivity index (χ1) is 15.1. The first-order valence-electron chi connectivity index (χ1n) is 9.48. The molecule has 11 nitrogen and oxygen atoms in total. The van der Waals surface area contributed by atoms with Gasteiger partial charge in [0, 0.05) is 25.5 Å². The zero-order valence-electron chi connectivity index (χ0n) is 16.2. The van der Waals surface area contributed by atoms with E-state index in [1.807, 2.05) is 12.1 Å². The Balaban J connectivity index is 1.38. The largest absolute Gasteiger partial charge is 0.431 e. The van der Waals surface area contributed by atoms with Crippen molar-refractivity contribution in [2.75, 3.05) is 29.9 Å². The van der Waals surface area contributed by atoms with Gasteiger partial charge in [-0.05, 0) is 12.1 Å². The summed E-state index contributed by atoms with van der Waals surface area (Å²) in [5, 5.41) is 21.1. The Kier molecular flexibility index (Phi) is 4.55. The third-order valence-corrected chi connectivity index (χ3v) is 5.23. The Morgan fingerprint density at radius 3 is 3.00 bits per heavy atom. The van der Waals surface area contributed by atoms with E-state index in [1.165, 1.54) is 17.1 Å². The molecule has 3 N–H and O–H groups in total. The molecule has 31 heavy (non-hydrogen) atoms. The highest BCUT2D eigenvalue weighted by Crippen LogP contribution is 2.38. The number of hydrogen-bond acceptors (Lipinski definition) is 9. The van der Waals surface area contributed by atoms with Crippen molar-refractivity contribution in [2.45, 2.75) is 18.6 Å². The second-order valence-electron chi connectivity index (χ2n) is 7.30.